The molecule has 1 aromatic heterocycles. The molecule has 1 N–H and O–H groups in total. The number of halogens is 1. The van der Waals surface area contributed by atoms with Crippen molar-refractivity contribution in [2.75, 3.05) is 7.11 Å². The molecule has 0 saturated carbocycles. The SMILES string of the molecule is COc1c[nH]c(CSc2ccc(F)cc2)cc1=O. The number of benzene rings is 1. The summed E-state index contributed by atoms with van der Waals surface area (Å²) < 4.78 is 17.6. The lowest BCUT2D eigenvalue weighted by Gasteiger charge is -2.03. The molecule has 18 heavy (non-hydrogen) atoms. The summed E-state index contributed by atoms with van der Waals surface area (Å²) in [6.07, 6.45) is 1.54. The van der Waals surface area contributed by atoms with Crippen molar-refractivity contribution in [2.24, 2.45) is 0 Å². The van der Waals surface area contributed by atoms with Gasteiger partial charge < -0.3 is 9.72 Å². The first-order chi connectivity index (χ1) is 8.69. The Bertz CT molecular complexity index is 580. The fraction of sp³-hybridized carbons (Fsp3) is 0.154. The van der Waals surface area contributed by atoms with Crippen LogP contribution in [0.1, 0.15) is 5.69 Å². The summed E-state index contributed by atoms with van der Waals surface area (Å²) in [6.45, 7) is 0. The highest BCUT2D eigenvalue weighted by atomic mass is 32.2. The highest BCUT2D eigenvalue weighted by Gasteiger charge is 2.02. The van der Waals surface area contributed by atoms with E-state index >= 15 is 0 Å². The predicted molar refractivity (Wildman–Crippen MR) is 69.6 cm³/mol. The predicted octanol–water partition coefficient (Wildman–Crippen LogP) is 2.81. The van der Waals surface area contributed by atoms with E-state index in [9.17, 15) is 9.18 Å². The van der Waals surface area contributed by atoms with Crippen LogP contribution in [0, 0.1) is 5.82 Å². The fourth-order valence-corrected chi connectivity index (χ4v) is 2.25. The van der Waals surface area contributed by atoms with Gasteiger partial charge in [-0.3, -0.25) is 4.79 Å². The van der Waals surface area contributed by atoms with Gasteiger partial charge in [-0.15, -0.1) is 11.8 Å². The topological polar surface area (TPSA) is 42.1 Å². The first kappa shape index (κ1) is 12.7. The summed E-state index contributed by atoms with van der Waals surface area (Å²) in [5.41, 5.74) is 0.654. The molecule has 0 bridgehead atoms. The molecule has 0 aliphatic heterocycles. The third-order valence-corrected chi connectivity index (χ3v) is 3.43. The molecular weight excluding hydrogens is 253 g/mol. The van der Waals surface area contributed by atoms with Gasteiger partial charge in [-0.05, 0) is 24.3 Å². The number of hydrogen-bond donors (Lipinski definition) is 1. The molecule has 2 aromatic rings. The fourth-order valence-electron chi connectivity index (χ4n) is 1.44. The van der Waals surface area contributed by atoms with Crippen LogP contribution in [-0.2, 0) is 5.75 Å². The minimum Gasteiger partial charge on any atom is -0.491 e. The third-order valence-electron chi connectivity index (χ3n) is 2.36. The summed E-state index contributed by atoms with van der Waals surface area (Å²) in [4.78, 5) is 15.5. The lowest BCUT2D eigenvalue weighted by atomic mass is 10.3. The second kappa shape index (κ2) is 5.73. The van der Waals surface area contributed by atoms with E-state index in [-0.39, 0.29) is 11.2 Å². The van der Waals surface area contributed by atoms with Crippen LogP contribution in [0.5, 0.6) is 5.75 Å². The van der Waals surface area contributed by atoms with E-state index in [1.807, 2.05) is 0 Å². The van der Waals surface area contributed by atoms with E-state index in [2.05, 4.69) is 4.98 Å². The maximum atomic E-state index is 12.7. The van der Waals surface area contributed by atoms with Crippen LogP contribution in [0.25, 0.3) is 0 Å². The Kier molecular flexibility index (Phi) is 4.04. The molecule has 0 amide bonds. The van der Waals surface area contributed by atoms with Crippen molar-refractivity contribution in [1.82, 2.24) is 4.98 Å². The first-order valence-corrected chi connectivity index (χ1v) is 6.31. The third kappa shape index (κ3) is 3.13. The lowest BCUT2D eigenvalue weighted by Crippen LogP contribution is -2.06. The Labute approximate surface area is 108 Å². The quantitative estimate of drug-likeness (QED) is 0.864. The number of aromatic nitrogens is 1. The number of H-pyrrole nitrogens is 1. The summed E-state index contributed by atoms with van der Waals surface area (Å²) in [5, 5.41) is 0. The average Bonchev–Trinajstić information content (AvgIpc) is 2.38. The summed E-state index contributed by atoms with van der Waals surface area (Å²) in [5.74, 6) is 0.660. The normalized spacial score (nSPS) is 10.3. The molecule has 0 unspecified atom stereocenters. The molecule has 94 valence electrons. The summed E-state index contributed by atoms with van der Waals surface area (Å²) >= 11 is 1.53. The van der Waals surface area contributed by atoms with Crippen LogP contribution in [0.2, 0.25) is 0 Å². The summed E-state index contributed by atoms with van der Waals surface area (Å²) in [7, 11) is 1.46. The van der Waals surface area contributed by atoms with Crippen molar-refractivity contribution >= 4 is 11.8 Å². The van der Waals surface area contributed by atoms with E-state index in [0.29, 0.717) is 11.5 Å². The molecule has 0 radical (unpaired) electrons. The number of rotatable bonds is 4. The van der Waals surface area contributed by atoms with Gasteiger partial charge in [0.2, 0.25) is 5.43 Å². The van der Waals surface area contributed by atoms with E-state index < -0.39 is 0 Å². The molecule has 1 aromatic carbocycles. The number of nitrogens with one attached hydrogen (secondary N) is 1. The molecular formula is C13H12FNO2S. The van der Waals surface area contributed by atoms with Crippen molar-refractivity contribution in [3.8, 4) is 5.75 Å². The van der Waals surface area contributed by atoms with Crippen molar-refractivity contribution in [2.45, 2.75) is 10.6 Å². The zero-order valence-electron chi connectivity index (χ0n) is 9.77. The molecule has 5 heteroatoms. The number of hydrogen-bond acceptors (Lipinski definition) is 3. The average molecular weight is 265 g/mol. The highest BCUT2D eigenvalue weighted by Crippen LogP contribution is 2.21. The molecule has 0 aliphatic carbocycles. The minimum atomic E-state index is -0.253. The van der Waals surface area contributed by atoms with Gasteiger partial charge in [-0.2, -0.15) is 0 Å². The molecule has 0 atom stereocenters. The van der Waals surface area contributed by atoms with Crippen molar-refractivity contribution < 1.29 is 9.13 Å². The molecule has 3 nitrogen and oxygen atoms in total. The Balaban J connectivity index is 2.04. The zero-order chi connectivity index (χ0) is 13.0. The van der Waals surface area contributed by atoms with Crippen LogP contribution in [0.3, 0.4) is 0 Å². The number of aromatic amines is 1. The highest BCUT2D eigenvalue weighted by molar-refractivity contribution is 7.98. The Morgan fingerprint density at radius 3 is 2.67 bits per heavy atom. The van der Waals surface area contributed by atoms with Crippen LogP contribution < -0.4 is 10.2 Å². The lowest BCUT2D eigenvalue weighted by molar-refractivity contribution is 0.408. The molecule has 0 saturated heterocycles. The number of ether oxygens (including phenoxy) is 1. The zero-order valence-corrected chi connectivity index (χ0v) is 10.6. The molecule has 0 fully saturated rings. The van der Waals surface area contributed by atoms with E-state index in [1.165, 1.54) is 37.1 Å². The smallest absolute Gasteiger partial charge is 0.223 e. The van der Waals surface area contributed by atoms with Crippen molar-refractivity contribution in [3.05, 3.63) is 58.3 Å². The largest absolute Gasteiger partial charge is 0.491 e. The summed E-state index contributed by atoms with van der Waals surface area (Å²) in [6, 6.07) is 7.76. The number of pyridine rings is 1. The second-order valence-electron chi connectivity index (χ2n) is 3.63. The van der Waals surface area contributed by atoms with Gasteiger partial charge in [-0.1, -0.05) is 0 Å². The molecule has 2 rings (SSSR count). The number of thioether (sulfide) groups is 1. The van der Waals surface area contributed by atoms with Crippen LogP contribution >= 0.6 is 11.8 Å². The standard InChI is InChI=1S/C13H12FNO2S/c1-17-13-7-15-10(6-12(13)16)8-18-11-4-2-9(14)3-5-11/h2-7H,8H2,1H3,(H,15,16). The van der Waals surface area contributed by atoms with Gasteiger partial charge in [0.05, 0.1) is 7.11 Å². The van der Waals surface area contributed by atoms with Gasteiger partial charge in [0.25, 0.3) is 0 Å². The maximum absolute atomic E-state index is 12.7. The van der Waals surface area contributed by atoms with Crippen molar-refractivity contribution in [1.29, 1.82) is 0 Å². The van der Waals surface area contributed by atoms with Gasteiger partial charge >= 0.3 is 0 Å². The Morgan fingerprint density at radius 2 is 2.06 bits per heavy atom. The Hall–Kier alpha value is -1.75. The van der Waals surface area contributed by atoms with Crippen LogP contribution in [0.15, 0.2) is 46.2 Å². The van der Waals surface area contributed by atoms with Gasteiger partial charge in [-0.25, -0.2) is 4.39 Å². The Morgan fingerprint density at radius 1 is 1.33 bits per heavy atom. The molecule has 0 aliphatic rings. The van der Waals surface area contributed by atoms with Crippen LogP contribution in [-0.4, -0.2) is 12.1 Å². The van der Waals surface area contributed by atoms with E-state index in [1.54, 1.807) is 18.3 Å². The molecule has 1 heterocycles. The van der Waals surface area contributed by atoms with Gasteiger partial charge in [0.1, 0.15) is 5.82 Å². The second-order valence-corrected chi connectivity index (χ2v) is 4.68. The van der Waals surface area contributed by atoms with Crippen molar-refractivity contribution in [3.63, 3.8) is 0 Å². The van der Waals surface area contributed by atoms with E-state index in [0.717, 1.165) is 10.6 Å². The molecule has 0 spiro atoms. The first-order valence-electron chi connectivity index (χ1n) is 5.33. The minimum absolute atomic E-state index is 0.147. The van der Waals surface area contributed by atoms with Crippen LogP contribution in [0.4, 0.5) is 4.39 Å². The number of methoxy groups -OCH3 is 1. The van der Waals surface area contributed by atoms with E-state index in [4.69, 9.17) is 4.74 Å². The maximum Gasteiger partial charge on any atom is 0.223 e. The van der Waals surface area contributed by atoms with Gasteiger partial charge in [0, 0.05) is 28.6 Å². The van der Waals surface area contributed by atoms with Gasteiger partial charge in [0.15, 0.2) is 5.75 Å². The monoisotopic (exact) mass is 265 g/mol.